The van der Waals surface area contributed by atoms with Gasteiger partial charge in [-0.15, -0.1) is 0 Å². The van der Waals surface area contributed by atoms with E-state index >= 15 is 0 Å². The quantitative estimate of drug-likeness (QED) is 0.798. The van der Waals surface area contributed by atoms with Gasteiger partial charge >= 0.3 is 0 Å². The Morgan fingerprint density at radius 1 is 1.50 bits per heavy atom. The minimum absolute atomic E-state index is 0.213. The van der Waals surface area contributed by atoms with Crippen molar-refractivity contribution in [2.24, 2.45) is 0 Å². The van der Waals surface area contributed by atoms with Gasteiger partial charge in [-0.2, -0.15) is 0 Å². The molecule has 14 heavy (non-hydrogen) atoms. The lowest BCUT2D eigenvalue weighted by Gasteiger charge is -2.11. The van der Waals surface area contributed by atoms with Crippen LogP contribution in [0.25, 0.3) is 0 Å². The fourth-order valence-electron chi connectivity index (χ4n) is 1.01. The standard InChI is InChI=1S/C11H14BrFO/c1-3-8(2)14-7-9-5-4-6-10(13)11(9)12/h4-6,8H,3,7H2,1-2H3. The Kier molecular flexibility index (Phi) is 4.55. The Balaban J connectivity index is 2.63. The molecular weight excluding hydrogens is 247 g/mol. The summed E-state index contributed by atoms with van der Waals surface area (Å²) >= 11 is 3.20. The molecule has 0 radical (unpaired) electrons. The molecule has 78 valence electrons. The van der Waals surface area contributed by atoms with Crippen LogP contribution >= 0.6 is 15.9 Å². The zero-order chi connectivity index (χ0) is 10.6. The van der Waals surface area contributed by atoms with E-state index in [1.54, 1.807) is 6.07 Å². The van der Waals surface area contributed by atoms with Crippen molar-refractivity contribution in [2.75, 3.05) is 0 Å². The molecule has 0 spiro atoms. The van der Waals surface area contributed by atoms with E-state index < -0.39 is 0 Å². The Morgan fingerprint density at radius 2 is 2.21 bits per heavy atom. The zero-order valence-electron chi connectivity index (χ0n) is 8.39. The molecule has 0 saturated heterocycles. The molecule has 0 bridgehead atoms. The van der Waals surface area contributed by atoms with Crippen molar-refractivity contribution in [3.05, 3.63) is 34.1 Å². The van der Waals surface area contributed by atoms with E-state index in [9.17, 15) is 4.39 Å². The van der Waals surface area contributed by atoms with E-state index in [-0.39, 0.29) is 11.9 Å². The van der Waals surface area contributed by atoms with Crippen LogP contribution in [0.4, 0.5) is 4.39 Å². The van der Waals surface area contributed by atoms with Gasteiger partial charge in [0.05, 0.1) is 17.2 Å². The number of halogens is 2. The molecule has 0 aliphatic heterocycles. The van der Waals surface area contributed by atoms with Crippen LogP contribution < -0.4 is 0 Å². The van der Waals surface area contributed by atoms with Crippen LogP contribution in [-0.2, 0) is 11.3 Å². The minimum Gasteiger partial charge on any atom is -0.374 e. The summed E-state index contributed by atoms with van der Waals surface area (Å²) in [6.07, 6.45) is 1.18. The van der Waals surface area contributed by atoms with Crippen LogP contribution in [0.5, 0.6) is 0 Å². The van der Waals surface area contributed by atoms with Gasteiger partial charge in [0.1, 0.15) is 5.82 Å². The van der Waals surface area contributed by atoms with Crippen LogP contribution in [-0.4, -0.2) is 6.10 Å². The largest absolute Gasteiger partial charge is 0.374 e. The van der Waals surface area contributed by atoms with Crippen LogP contribution in [0.1, 0.15) is 25.8 Å². The summed E-state index contributed by atoms with van der Waals surface area (Å²) in [5.74, 6) is -0.241. The minimum atomic E-state index is -0.241. The lowest BCUT2D eigenvalue weighted by Crippen LogP contribution is -2.06. The van der Waals surface area contributed by atoms with Gasteiger partial charge in [0, 0.05) is 0 Å². The van der Waals surface area contributed by atoms with Crippen LogP contribution in [0.2, 0.25) is 0 Å². The molecule has 1 aromatic rings. The normalized spacial score (nSPS) is 12.9. The fraction of sp³-hybridized carbons (Fsp3) is 0.455. The summed E-state index contributed by atoms with van der Waals surface area (Å²) in [5.41, 5.74) is 0.852. The Morgan fingerprint density at radius 3 is 2.86 bits per heavy atom. The topological polar surface area (TPSA) is 9.23 Å². The molecule has 1 atom stereocenters. The van der Waals surface area contributed by atoms with E-state index in [0.29, 0.717) is 11.1 Å². The smallest absolute Gasteiger partial charge is 0.137 e. The molecule has 0 aliphatic rings. The maximum absolute atomic E-state index is 13.1. The average Bonchev–Trinajstić information content (AvgIpc) is 2.20. The Bertz CT molecular complexity index is 301. The molecule has 0 N–H and O–H groups in total. The van der Waals surface area contributed by atoms with Gasteiger partial charge in [0.25, 0.3) is 0 Å². The number of benzene rings is 1. The molecule has 1 unspecified atom stereocenters. The van der Waals surface area contributed by atoms with Crippen LogP contribution in [0, 0.1) is 5.82 Å². The second kappa shape index (κ2) is 5.47. The van der Waals surface area contributed by atoms with Gasteiger partial charge in [-0.3, -0.25) is 0 Å². The SMILES string of the molecule is CCC(C)OCc1cccc(F)c1Br. The van der Waals surface area contributed by atoms with Crippen molar-refractivity contribution < 1.29 is 9.13 Å². The Labute approximate surface area is 92.4 Å². The third kappa shape index (κ3) is 3.07. The van der Waals surface area contributed by atoms with Gasteiger partial charge in [-0.25, -0.2) is 4.39 Å². The Hall–Kier alpha value is -0.410. The van der Waals surface area contributed by atoms with Crippen molar-refractivity contribution in [1.82, 2.24) is 0 Å². The average molecular weight is 261 g/mol. The van der Waals surface area contributed by atoms with E-state index in [2.05, 4.69) is 22.9 Å². The molecule has 1 nitrogen and oxygen atoms in total. The number of hydrogen-bond acceptors (Lipinski definition) is 1. The van der Waals surface area contributed by atoms with Crippen molar-refractivity contribution in [3.63, 3.8) is 0 Å². The second-order valence-electron chi connectivity index (χ2n) is 3.24. The van der Waals surface area contributed by atoms with Crippen LogP contribution in [0.3, 0.4) is 0 Å². The molecule has 1 rings (SSSR count). The number of ether oxygens (including phenoxy) is 1. The third-order valence-corrected chi connectivity index (χ3v) is 3.02. The molecule has 0 amide bonds. The van der Waals surface area contributed by atoms with Gasteiger partial charge in [0.15, 0.2) is 0 Å². The first kappa shape index (κ1) is 11.7. The van der Waals surface area contributed by atoms with E-state index in [4.69, 9.17) is 4.74 Å². The monoisotopic (exact) mass is 260 g/mol. The predicted molar refractivity (Wildman–Crippen MR) is 58.6 cm³/mol. The summed E-state index contributed by atoms with van der Waals surface area (Å²) in [4.78, 5) is 0. The first-order valence-electron chi connectivity index (χ1n) is 4.69. The van der Waals surface area contributed by atoms with Gasteiger partial charge < -0.3 is 4.74 Å². The summed E-state index contributed by atoms with van der Waals surface area (Å²) < 4.78 is 19.1. The maximum atomic E-state index is 13.1. The number of rotatable bonds is 4. The second-order valence-corrected chi connectivity index (χ2v) is 4.04. The highest BCUT2D eigenvalue weighted by atomic mass is 79.9. The first-order valence-corrected chi connectivity index (χ1v) is 5.49. The zero-order valence-corrected chi connectivity index (χ0v) is 9.97. The van der Waals surface area contributed by atoms with E-state index in [1.165, 1.54) is 6.07 Å². The molecule has 0 fully saturated rings. The molecule has 0 aliphatic carbocycles. The third-order valence-electron chi connectivity index (χ3n) is 2.13. The highest BCUT2D eigenvalue weighted by Crippen LogP contribution is 2.21. The molecule has 3 heteroatoms. The highest BCUT2D eigenvalue weighted by molar-refractivity contribution is 9.10. The molecule has 1 aromatic carbocycles. The fourth-order valence-corrected chi connectivity index (χ4v) is 1.39. The summed E-state index contributed by atoms with van der Waals surface area (Å²) in [6.45, 7) is 4.52. The van der Waals surface area contributed by atoms with Crippen molar-refractivity contribution in [2.45, 2.75) is 33.0 Å². The van der Waals surface area contributed by atoms with Gasteiger partial charge in [-0.05, 0) is 40.9 Å². The lowest BCUT2D eigenvalue weighted by atomic mass is 10.2. The van der Waals surface area contributed by atoms with Gasteiger partial charge in [-0.1, -0.05) is 19.1 Å². The van der Waals surface area contributed by atoms with Crippen molar-refractivity contribution >= 4 is 15.9 Å². The van der Waals surface area contributed by atoms with Gasteiger partial charge in [0.2, 0.25) is 0 Å². The summed E-state index contributed by atoms with van der Waals surface area (Å²) in [7, 11) is 0. The lowest BCUT2D eigenvalue weighted by molar-refractivity contribution is 0.0504. The van der Waals surface area contributed by atoms with Crippen molar-refractivity contribution in [3.8, 4) is 0 Å². The molecule has 0 aromatic heterocycles. The molecule has 0 saturated carbocycles. The predicted octanol–water partition coefficient (Wildman–Crippen LogP) is 3.90. The summed E-state index contributed by atoms with van der Waals surface area (Å²) in [6, 6.07) is 4.97. The number of hydrogen-bond donors (Lipinski definition) is 0. The van der Waals surface area contributed by atoms with E-state index in [1.807, 2.05) is 13.0 Å². The van der Waals surface area contributed by atoms with Crippen molar-refractivity contribution in [1.29, 1.82) is 0 Å². The molecular formula is C11H14BrFO. The van der Waals surface area contributed by atoms with E-state index in [0.717, 1.165) is 12.0 Å². The summed E-state index contributed by atoms with van der Waals surface area (Å²) in [5, 5.41) is 0. The van der Waals surface area contributed by atoms with Crippen LogP contribution in [0.15, 0.2) is 22.7 Å². The first-order chi connectivity index (χ1) is 6.65. The highest BCUT2D eigenvalue weighted by Gasteiger charge is 2.06. The maximum Gasteiger partial charge on any atom is 0.137 e. The molecule has 0 heterocycles.